The number of carboxylic acid groups (broad SMARTS) is 1. The Labute approximate surface area is 119 Å². The minimum Gasteiger partial charge on any atom is -0.478 e. The van der Waals surface area contributed by atoms with Gasteiger partial charge in [-0.3, -0.25) is 4.79 Å². The minimum atomic E-state index is -1.00. The molecule has 0 unspecified atom stereocenters. The predicted molar refractivity (Wildman–Crippen MR) is 79.7 cm³/mol. The quantitative estimate of drug-likeness (QED) is 0.840. The van der Waals surface area contributed by atoms with Gasteiger partial charge in [-0.2, -0.15) is 0 Å². The molecule has 0 saturated heterocycles. The summed E-state index contributed by atoms with van der Waals surface area (Å²) in [4.78, 5) is 24.8. The molecular weight excluding hydrogens is 254 g/mol. The molecule has 1 rings (SSSR count). The highest BCUT2D eigenvalue weighted by molar-refractivity contribution is 5.95. The Morgan fingerprint density at radius 1 is 1.35 bits per heavy atom. The van der Waals surface area contributed by atoms with Gasteiger partial charge < -0.3 is 10.0 Å². The Kier molecular flexibility index (Phi) is 5.50. The molecule has 0 aliphatic heterocycles. The van der Waals surface area contributed by atoms with Gasteiger partial charge in [-0.05, 0) is 57.0 Å². The van der Waals surface area contributed by atoms with Gasteiger partial charge in [-0.1, -0.05) is 6.07 Å². The van der Waals surface area contributed by atoms with Gasteiger partial charge in [0, 0.05) is 24.2 Å². The average Bonchev–Trinajstić information content (AvgIpc) is 2.37. The van der Waals surface area contributed by atoms with Crippen LogP contribution in [0.25, 0.3) is 6.08 Å². The molecule has 4 heteroatoms. The topological polar surface area (TPSA) is 57.6 Å². The van der Waals surface area contributed by atoms with Crippen molar-refractivity contribution in [3.63, 3.8) is 0 Å². The molecule has 1 amide bonds. The van der Waals surface area contributed by atoms with E-state index in [0.29, 0.717) is 12.1 Å². The summed E-state index contributed by atoms with van der Waals surface area (Å²) in [5, 5.41) is 8.68. The fraction of sp³-hybridized carbons (Fsp3) is 0.375. The van der Waals surface area contributed by atoms with Crippen molar-refractivity contribution in [3.05, 3.63) is 41.0 Å². The molecule has 0 atom stereocenters. The van der Waals surface area contributed by atoms with Crippen molar-refractivity contribution in [2.24, 2.45) is 0 Å². The zero-order valence-corrected chi connectivity index (χ0v) is 12.4. The zero-order chi connectivity index (χ0) is 15.3. The summed E-state index contributed by atoms with van der Waals surface area (Å²) in [6, 6.07) is 5.48. The molecule has 0 spiro atoms. The van der Waals surface area contributed by atoms with Crippen LogP contribution in [0.2, 0.25) is 0 Å². The highest BCUT2D eigenvalue weighted by Gasteiger charge is 2.17. The largest absolute Gasteiger partial charge is 0.478 e. The third-order valence-electron chi connectivity index (χ3n) is 3.16. The first kappa shape index (κ1) is 16.0. The van der Waals surface area contributed by atoms with Crippen LogP contribution in [-0.4, -0.2) is 34.5 Å². The molecule has 0 bridgehead atoms. The lowest BCUT2D eigenvalue weighted by molar-refractivity contribution is -0.131. The lowest BCUT2D eigenvalue weighted by atomic mass is 10.0. The predicted octanol–water partition coefficient (Wildman–Crippen LogP) is 2.96. The van der Waals surface area contributed by atoms with Crippen molar-refractivity contribution in [3.8, 4) is 0 Å². The smallest absolute Gasteiger partial charge is 0.328 e. The number of nitrogens with zero attached hydrogens (tertiary/aromatic N) is 1. The van der Waals surface area contributed by atoms with Gasteiger partial charge in [0.2, 0.25) is 0 Å². The number of carbonyl (C=O) groups excluding carboxylic acids is 1. The van der Waals surface area contributed by atoms with Crippen LogP contribution in [0.4, 0.5) is 0 Å². The van der Waals surface area contributed by atoms with Crippen LogP contribution >= 0.6 is 0 Å². The summed E-state index contributed by atoms with van der Waals surface area (Å²) < 4.78 is 0. The van der Waals surface area contributed by atoms with Gasteiger partial charge in [-0.25, -0.2) is 4.79 Å². The molecule has 0 fully saturated rings. The Bertz CT molecular complexity index is 533. The molecule has 0 heterocycles. The number of benzene rings is 1. The summed E-state index contributed by atoms with van der Waals surface area (Å²) in [6.07, 6.45) is 2.59. The Morgan fingerprint density at radius 2 is 2.00 bits per heavy atom. The molecule has 0 radical (unpaired) electrons. The Balaban J connectivity index is 3.11. The summed E-state index contributed by atoms with van der Waals surface area (Å²) in [6.45, 7) is 8.42. The third kappa shape index (κ3) is 3.95. The maximum absolute atomic E-state index is 12.4. The Morgan fingerprint density at radius 3 is 2.50 bits per heavy atom. The van der Waals surface area contributed by atoms with E-state index in [-0.39, 0.29) is 11.9 Å². The number of rotatable bonds is 5. The van der Waals surface area contributed by atoms with Gasteiger partial charge in [-0.15, -0.1) is 0 Å². The minimum absolute atomic E-state index is 0.0347. The van der Waals surface area contributed by atoms with Gasteiger partial charge in [0.05, 0.1) is 0 Å². The van der Waals surface area contributed by atoms with Crippen LogP contribution in [0.1, 0.15) is 42.3 Å². The molecule has 0 aliphatic rings. The van der Waals surface area contributed by atoms with Gasteiger partial charge in [0.15, 0.2) is 0 Å². The molecule has 4 nitrogen and oxygen atoms in total. The van der Waals surface area contributed by atoms with Crippen molar-refractivity contribution in [2.75, 3.05) is 6.54 Å². The van der Waals surface area contributed by atoms with Crippen LogP contribution in [0, 0.1) is 6.92 Å². The molecule has 1 N–H and O–H groups in total. The number of hydrogen-bond donors (Lipinski definition) is 1. The molecular formula is C16H21NO3. The fourth-order valence-electron chi connectivity index (χ4n) is 2.02. The van der Waals surface area contributed by atoms with E-state index < -0.39 is 5.97 Å². The van der Waals surface area contributed by atoms with E-state index >= 15 is 0 Å². The number of hydrogen-bond acceptors (Lipinski definition) is 2. The normalized spacial score (nSPS) is 11.1. The maximum atomic E-state index is 12.4. The van der Waals surface area contributed by atoms with Gasteiger partial charge >= 0.3 is 5.97 Å². The lowest BCUT2D eigenvalue weighted by Crippen LogP contribution is -2.36. The van der Waals surface area contributed by atoms with Crippen molar-refractivity contribution in [1.82, 2.24) is 4.90 Å². The van der Waals surface area contributed by atoms with Crippen LogP contribution in [-0.2, 0) is 4.79 Å². The zero-order valence-electron chi connectivity index (χ0n) is 12.4. The Hall–Kier alpha value is -2.10. The van der Waals surface area contributed by atoms with Crippen molar-refractivity contribution >= 4 is 18.0 Å². The van der Waals surface area contributed by atoms with E-state index in [4.69, 9.17) is 5.11 Å². The number of amides is 1. The van der Waals surface area contributed by atoms with Crippen molar-refractivity contribution in [2.45, 2.75) is 33.7 Å². The summed E-state index contributed by atoms with van der Waals surface area (Å²) in [5.74, 6) is -1.04. The van der Waals surface area contributed by atoms with Gasteiger partial charge in [0.25, 0.3) is 5.91 Å². The number of carbonyl (C=O) groups is 2. The second-order valence-electron chi connectivity index (χ2n) is 4.93. The highest BCUT2D eigenvalue weighted by Crippen LogP contribution is 2.16. The SMILES string of the molecule is CCN(C(=O)c1ccc(C)c(/C=C/C(=O)O)c1)C(C)C. The first-order valence-electron chi connectivity index (χ1n) is 6.69. The summed E-state index contributed by atoms with van der Waals surface area (Å²) in [7, 11) is 0. The summed E-state index contributed by atoms with van der Waals surface area (Å²) in [5.41, 5.74) is 2.26. The number of aryl methyl sites for hydroxylation is 1. The van der Waals surface area contributed by atoms with Crippen LogP contribution < -0.4 is 0 Å². The fourth-order valence-corrected chi connectivity index (χ4v) is 2.02. The standard InChI is InChI=1S/C16H21NO3/c1-5-17(11(2)3)16(20)14-7-6-12(4)13(10-14)8-9-15(18)19/h6-11H,5H2,1-4H3,(H,18,19)/b9-8+. The molecule has 1 aromatic carbocycles. The van der Waals surface area contributed by atoms with E-state index in [1.54, 1.807) is 17.0 Å². The van der Waals surface area contributed by atoms with Crippen molar-refractivity contribution in [1.29, 1.82) is 0 Å². The first-order valence-corrected chi connectivity index (χ1v) is 6.69. The number of aliphatic carboxylic acids is 1. The second kappa shape index (κ2) is 6.89. The van der Waals surface area contributed by atoms with E-state index in [2.05, 4.69) is 0 Å². The maximum Gasteiger partial charge on any atom is 0.328 e. The summed E-state index contributed by atoms with van der Waals surface area (Å²) >= 11 is 0. The molecule has 0 saturated carbocycles. The monoisotopic (exact) mass is 275 g/mol. The van der Waals surface area contributed by atoms with Crippen LogP contribution in [0.3, 0.4) is 0 Å². The second-order valence-corrected chi connectivity index (χ2v) is 4.93. The third-order valence-corrected chi connectivity index (χ3v) is 3.16. The lowest BCUT2D eigenvalue weighted by Gasteiger charge is -2.25. The molecule has 108 valence electrons. The molecule has 20 heavy (non-hydrogen) atoms. The van der Waals surface area contributed by atoms with E-state index in [0.717, 1.165) is 17.2 Å². The van der Waals surface area contributed by atoms with Crippen molar-refractivity contribution < 1.29 is 14.7 Å². The highest BCUT2D eigenvalue weighted by atomic mass is 16.4. The molecule has 0 aliphatic carbocycles. The van der Waals surface area contributed by atoms with E-state index in [1.807, 2.05) is 33.8 Å². The van der Waals surface area contributed by atoms with Crippen LogP contribution in [0.5, 0.6) is 0 Å². The van der Waals surface area contributed by atoms with Crippen LogP contribution in [0.15, 0.2) is 24.3 Å². The molecule has 1 aromatic rings. The number of carboxylic acids is 1. The van der Waals surface area contributed by atoms with Gasteiger partial charge in [0.1, 0.15) is 0 Å². The first-order chi connectivity index (χ1) is 9.36. The van der Waals surface area contributed by atoms with E-state index in [1.165, 1.54) is 6.08 Å². The molecule has 0 aromatic heterocycles. The average molecular weight is 275 g/mol. The van der Waals surface area contributed by atoms with E-state index in [9.17, 15) is 9.59 Å².